The Balaban J connectivity index is 1.47. The third kappa shape index (κ3) is 3.05. The number of carbonyl (C=O) groups is 1. The maximum atomic E-state index is 13.5. The smallest absolute Gasteiger partial charge is 0.243 e. The predicted octanol–water partition coefficient (Wildman–Crippen LogP) is 2.34. The van der Waals surface area contributed by atoms with Crippen LogP contribution >= 0.6 is 0 Å². The van der Waals surface area contributed by atoms with E-state index >= 15 is 0 Å². The quantitative estimate of drug-likeness (QED) is 0.817. The molecule has 0 bridgehead atoms. The number of nitrogens with zero attached hydrogens (tertiary/aromatic N) is 3. The zero-order valence-electron chi connectivity index (χ0n) is 16.4. The van der Waals surface area contributed by atoms with Crippen LogP contribution in [-0.4, -0.2) is 41.7 Å². The summed E-state index contributed by atoms with van der Waals surface area (Å²) in [4.78, 5) is 20.9. The molecule has 1 spiro atoms. The molecule has 1 aliphatic carbocycles. The molecule has 2 aromatic rings. The normalized spacial score (nSPS) is 24.2. The number of nitrogens with one attached hydrogen (secondary N) is 1. The lowest BCUT2D eigenvalue weighted by Gasteiger charge is -2.39. The molecule has 1 saturated heterocycles. The second kappa shape index (κ2) is 6.60. The van der Waals surface area contributed by atoms with Crippen LogP contribution in [0.1, 0.15) is 48.3 Å². The molecule has 0 saturated carbocycles. The summed E-state index contributed by atoms with van der Waals surface area (Å²) in [5.41, 5.74) is 3.58. The minimum Gasteiger partial charge on any atom is -0.326 e. The molecule has 2 aliphatic heterocycles. The Morgan fingerprint density at radius 1 is 1.14 bits per heavy atom. The van der Waals surface area contributed by atoms with E-state index in [2.05, 4.69) is 10.3 Å². The van der Waals surface area contributed by atoms with Crippen LogP contribution in [0.2, 0.25) is 0 Å². The molecule has 8 heteroatoms. The summed E-state index contributed by atoms with van der Waals surface area (Å²) < 4.78 is 28.6. The van der Waals surface area contributed by atoms with Gasteiger partial charge in [-0.1, -0.05) is 0 Å². The van der Waals surface area contributed by atoms with Gasteiger partial charge >= 0.3 is 0 Å². The lowest BCUT2D eigenvalue weighted by atomic mass is 9.78. The zero-order chi connectivity index (χ0) is 20.2. The van der Waals surface area contributed by atoms with Crippen LogP contribution < -0.4 is 5.32 Å². The van der Waals surface area contributed by atoms with E-state index in [0.29, 0.717) is 36.5 Å². The number of anilines is 1. The standard InChI is InChI=1S/C21H24N4O3S/c1-14-22-12-16-7-9-21(20(16)23-14)8-2-10-25(13-21)29(27,28)17-4-5-18-15(11-17)3-6-19(26)24-18/h4-5,11-12H,2-3,6-10,13H2,1H3,(H,24,26). The lowest BCUT2D eigenvalue weighted by molar-refractivity contribution is -0.116. The van der Waals surface area contributed by atoms with Crippen LogP contribution in [0.3, 0.4) is 0 Å². The van der Waals surface area contributed by atoms with E-state index < -0.39 is 10.0 Å². The number of rotatable bonds is 2. The third-order valence-corrected chi connectivity index (χ3v) is 8.35. The summed E-state index contributed by atoms with van der Waals surface area (Å²) in [6, 6.07) is 5.04. The maximum Gasteiger partial charge on any atom is 0.243 e. The number of fused-ring (bicyclic) bond motifs is 3. The largest absolute Gasteiger partial charge is 0.326 e. The summed E-state index contributed by atoms with van der Waals surface area (Å²) in [6.45, 7) is 2.87. The van der Waals surface area contributed by atoms with Crippen LogP contribution in [0.15, 0.2) is 29.3 Å². The van der Waals surface area contributed by atoms with Crippen LogP contribution in [0.4, 0.5) is 5.69 Å². The first kappa shape index (κ1) is 18.7. The van der Waals surface area contributed by atoms with Crippen molar-refractivity contribution >= 4 is 21.6 Å². The molecule has 1 N–H and O–H groups in total. The summed E-state index contributed by atoms with van der Waals surface area (Å²) in [7, 11) is -3.61. The Hall–Kier alpha value is -2.32. The first-order chi connectivity index (χ1) is 13.9. The molecule has 1 aromatic heterocycles. The van der Waals surface area contributed by atoms with Gasteiger partial charge in [0.15, 0.2) is 0 Å². The van der Waals surface area contributed by atoms with Crippen molar-refractivity contribution in [3.63, 3.8) is 0 Å². The molecule has 152 valence electrons. The molecule has 1 amide bonds. The Labute approximate surface area is 170 Å². The number of amides is 1. The Kier molecular flexibility index (Phi) is 4.25. The van der Waals surface area contributed by atoms with Crippen molar-refractivity contribution in [1.29, 1.82) is 0 Å². The fourth-order valence-electron chi connectivity index (χ4n) is 4.99. The molecular formula is C21H24N4O3S. The minimum absolute atomic E-state index is 0.0248. The van der Waals surface area contributed by atoms with Crippen LogP contribution in [-0.2, 0) is 33.1 Å². The van der Waals surface area contributed by atoms with E-state index in [0.717, 1.165) is 48.3 Å². The molecule has 3 aliphatic rings. The highest BCUT2D eigenvalue weighted by Gasteiger charge is 2.46. The van der Waals surface area contributed by atoms with E-state index in [4.69, 9.17) is 4.98 Å². The van der Waals surface area contributed by atoms with Gasteiger partial charge in [-0.15, -0.1) is 0 Å². The van der Waals surface area contributed by atoms with Gasteiger partial charge in [-0.2, -0.15) is 4.31 Å². The van der Waals surface area contributed by atoms with Gasteiger partial charge in [-0.05, 0) is 68.4 Å². The molecule has 3 heterocycles. The molecule has 1 atom stereocenters. The number of benzene rings is 1. The highest BCUT2D eigenvalue weighted by molar-refractivity contribution is 7.89. The van der Waals surface area contributed by atoms with Crippen LogP contribution in [0, 0.1) is 6.92 Å². The summed E-state index contributed by atoms with van der Waals surface area (Å²) in [6.07, 6.45) is 6.46. The Bertz CT molecular complexity index is 1110. The number of sulfonamides is 1. The molecule has 1 aromatic carbocycles. The minimum atomic E-state index is -3.61. The first-order valence-electron chi connectivity index (χ1n) is 10.1. The van der Waals surface area contributed by atoms with Gasteiger partial charge in [-0.25, -0.2) is 18.4 Å². The number of hydrogen-bond acceptors (Lipinski definition) is 5. The summed E-state index contributed by atoms with van der Waals surface area (Å²) >= 11 is 0. The maximum absolute atomic E-state index is 13.5. The summed E-state index contributed by atoms with van der Waals surface area (Å²) in [5, 5.41) is 2.81. The van der Waals surface area contributed by atoms with Crippen molar-refractivity contribution in [2.45, 2.75) is 55.8 Å². The fourth-order valence-corrected chi connectivity index (χ4v) is 6.61. The zero-order valence-corrected chi connectivity index (χ0v) is 17.3. The Morgan fingerprint density at radius 2 is 2.00 bits per heavy atom. The number of aromatic nitrogens is 2. The van der Waals surface area contributed by atoms with Crippen molar-refractivity contribution < 1.29 is 13.2 Å². The molecule has 1 unspecified atom stereocenters. The second-order valence-corrected chi connectivity index (χ2v) is 10.3. The van der Waals surface area contributed by atoms with E-state index in [-0.39, 0.29) is 11.3 Å². The van der Waals surface area contributed by atoms with Gasteiger partial charge in [-0.3, -0.25) is 4.79 Å². The fraction of sp³-hybridized carbons (Fsp3) is 0.476. The van der Waals surface area contributed by atoms with Crippen molar-refractivity contribution in [3.8, 4) is 0 Å². The van der Waals surface area contributed by atoms with E-state index in [9.17, 15) is 13.2 Å². The van der Waals surface area contributed by atoms with Crippen molar-refractivity contribution in [2.75, 3.05) is 18.4 Å². The SMILES string of the molecule is Cc1ncc2c(n1)C1(CCCN(S(=O)(=O)c3ccc4c(c3)CCC(=O)N4)C1)CC2. The number of carbonyl (C=O) groups excluding carboxylic acids is 1. The highest BCUT2D eigenvalue weighted by Crippen LogP contribution is 2.45. The van der Waals surface area contributed by atoms with Crippen molar-refractivity contribution in [1.82, 2.24) is 14.3 Å². The van der Waals surface area contributed by atoms with Crippen molar-refractivity contribution in [2.24, 2.45) is 0 Å². The average molecular weight is 413 g/mol. The second-order valence-electron chi connectivity index (χ2n) is 8.38. The Morgan fingerprint density at radius 3 is 2.86 bits per heavy atom. The summed E-state index contributed by atoms with van der Waals surface area (Å²) in [5.74, 6) is 0.713. The highest BCUT2D eigenvalue weighted by atomic mass is 32.2. The molecule has 29 heavy (non-hydrogen) atoms. The predicted molar refractivity (Wildman–Crippen MR) is 108 cm³/mol. The third-order valence-electron chi connectivity index (χ3n) is 6.51. The molecule has 1 fully saturated rings. The molecule has 7 nitrogen and oxygen atoms in total. The van der Waals surface area contributed by atoms with Gasteiger partial charge in [0.25, 0.3) is 0 Å². The van der Waals surface area contributed by atoms with Crippen LogP contribution in [0.25, 0.3) is 0 Å². The van der Waals surface area contributed by atoms with Crippen molar-refractivity contribution in [3.05, 3.63) is 47.0 Å². The van der Waals surface area contributed by atoms with Gasteiger partial charge in [0.2, 0.25) is 15.9 Å². The molecule has 5 rings (SSSR count). The van der Waals surface area contributed by atoms with E-state index in [1.54, 1.807) is 22.5 Å². The number of hydrogen-bond donors (Lipinski definition) is 1. The molecular weight excluding hydrogens is 388 g/mol. The van der Waals surface area contributed by atoms with Gasteiger partial charge < -0.3 is 5.32 Å². The lowest BCUT2D eigenvalue weighted by Crippen LogP contribution is -2.47. The average Bonchev–Trinajstić information content (AvgIpc) is 3.04. The van der Waals surface area contributed by atoms with Crippen LogP contribution in [0.5, 0.6) is 0 Å². The molecule has 0 radical (unpaired) electrons. The van der Waals surface area contributed by atoms with Gasteiger partial charge in [0.05, 0.1) is 10.6 Å². The first-order valence-corrected chi connectivity index (χ1v) is 11.6. The van der Waals surface area contributed by atoms with E-state index in [1.807, 2.05) is 13.1 Å². The van der Waals surface area contributed by atoms with E-state index in [1.165, 1.54) is 0 Å². The topological polar surface area (TPSA) is 92.3 Å². The number of aryl methyl sites for hydroxylation is 3. The number of piperidine rings is 1. The van der Waals surface area contributed by atoms with Gasteiger partial charge in [0, 0.05) is 36.8 Å². The monoisotopic (exact) mass is 412 g/mol. The van der Waals surface area contributed by atoms with Gasteiger partial charge in [0.1, 0.15) is 5.82 Å².